The fourth-order valence-electron chi connectivity index (χ4n) is 0. The molecule has 0 aromatic heterocycles. The average molecular weight is 177 g/mol. The molecule has 0 aliphatic heterocycles. The van der Waals surface area contributed by atoms with Gasteiger partial charge in [-0.3, -0.25) is 0 Å². The predicted molar refractivity (Wildman–Crippen MR) is 2.75 cm³/mol. The zero-order valence-corrected chi connectivity index (χ0v) is 7.37. The van der Waals surface area contributed by atoms with Crippen LogP contribution in [0.15, 0.2) is 0 Å². The quantitative estimate of drug-likeness (QED) is 0.469. The van der Waals surface area contributed by atoms with Crippen LogP contribution in [-0.4, -0.2) is 0 Å². The third-order valence-electron chi connectivity index (χ3n) is 0. The summed E-state index contributed by atoms with van der Waals surface area (Å²) in [6.07, 6.45) is 0. The Hall–Kier alpha value is 0.538. The maximum atomic E-state index is 8.56. The fraction of sp³-hybridized carbons (Fsp3) is 0. The van der Waals surface area contributed by atoms with Crippen molar-refractivity contribution < 1.29 is 49.9 Å². The molecule has 0 saturated heterocycles. The second-order valence-corrected chi connectivity index (χ2v) is 0.956. The van der Waals surface area contributed by atoms with Gasteiger partial charge in [0.05, 0.1) is 0 Å². The number of hydrogen-bond donors (Lipinski definition) is 0. The van der Waals surface area contributed by atoms with Crippen LogP contribution in [0.2, 0.25) is 0 Å². The van der Waals surface area contributed by atoms with Crippen molar-refractivity contribution in [2.75, 3.05) is 0 Å². The monoisotopic (exact) mass is 176 g/mol. The van der Waals surface area contributed by atoms with E-state index in [0.717, 1.165) is 0 Å². The molecule has 0 atom stereocenters. The van der Waals surface area contributed by atoms with Crippen molar-refractivity contribution in [1.29, 1.82) is 0 Å². The molecule has 0 aliphatic rings. The third-order valence-corrected chi connectivity index (χ3v) is 0. The number of hydrogen-bond acceptors (Lipinski definition) is 4. The molecule has 6 heteroatoms. The molecule has 0 bridgehead atoms. The normalized spacial score (nSPS) is 4.67. The molecule has 0 aromatic rings. The summed E-state index contributed by atoms with van der Waals surface area (Å²) in [6.45, 7) is 0. The van der Waals surface area contributed by atoms with E-state index in [1.165, 1.54) is 0 Å². The molecule has 0 saturated carbocycles. The minimum absolute atomic E-state index is 2.00. The summed E-state index contributed by atoms with van der Waals surface area (Å²) in [6, 6.07) is 0. The summed E-state index contributed by atoms with van der Waals surface area (Å²) in [4.78, 5) is 0. The van der Waals surface area contributed by atoms with Gasteiger partial charge < -0.3 is 0 Å². The molecule has 0 rings (SSSR count). The molecule has 0 heterocycles. The third kappa shape index (κ3) is 196. The van der Waals surface area contributed by atoms with Gasteiger partial charge in [-0.15, -0.1) is 0 Å². The standard InChI is InChI=1S/4O.Ti.Zn. The van der Waals surface area contributed by atoms with Gasteiger partial charge in [-0.25, -0.2) is 0 Å². The van der Waals surface area contributed by atoms with Crippen LogP contribution in [0.4, 0.5) is 0 Å². The summed E-state index contributed by atoms with van der Waals surface area (Å²) >= 11 is -4.38. The minimum atomic E-state index is -2.38. The average Bonchev–Trinajstić information content (AvgIpc) is 1.39. The van der Waals surface area contributed by atoms with Gasteiger partial charge in [0, 0.05) is 0 Å². The van der Waals surface area contributed by atoms with E-state index in [9.17, 15) is 0 Å². The van der Waals surface area contributed by atoms with E-state index in [0.29, 0.717) is 0 Å². The Kier molecular flexibility index (Phi) is 28.7. The molecule has 0 aliphatic carbocycles. The first-order valence-electron chi connectivity index (χ1n) is 0.986. The van der Waals surface area contributed by atoms with Crippen molar-refractivity contribution in [3.05, 3.63) is 0 Å². The molecule has 0 radical (unpaired) electrons. The summed E-state index contributed by atoms with van der Waals surface area (Å²) in [7, 11) is 0. The molecule has 6 heavy (non-hydrogen) atoms. The Balaban J connectivity index is 0. The first kappa shape index (κ1) is 9.74. The molecule has 0 fully saturated rings. The molecule has 4 nitrogen and oxygen atoms in total. The zero-order chi connectivity index (χ0) is 5.41. The van der Waals surface area contributed by atoms with E-state index >= 15 is 0 Å². The van der Waals surface area contributed by atoms with Gasteiger partial charge in [0.25, 0.3) is 0 Å². The second kappa shape index (κ2) is 17.7. The van der Waals surface area contributed by atoms with Crippen LogP contribution in [0.25, 0.3) is 0 Å². The summed E-state index contributed by atoms with van der Waals surface area (Å²) < 4.78 is 34.1. The fourth-order valence-corrected chi connectivity index (χ4v) is 0. The molecule has 30 valence electrons. The Bertz CT molecular complexity index is 61.5. The van der Waals surface area contributed by atoms with Gasteiger partial charge in [-0.1, -0.05) is 0 Å². The summed E-state index contributed by atoms with van der Waals surface area (Å²) in [5.41, 5.74) is 0. The Morgan fingerprint density at radius 3 is 1.17 bits per heavy atom. The van der Waals surface area contributed by atoms with Crippen LogP contribution in [0.3, 0.4) is 0 Å². The Morgan fingerprint density at radius 2 is 1.17 bits per heavy atom. The molecule has 0 amide bonds. The molecular formula is O4TiZn. The van der Waals surface area contributed by atoms with Gasteiger partial charge in [0.15, 0.2) is 0 Å². The van der Waals surface area contributed by atoms with Gasteiger partial charge in [0.2, 0.25) is 0 Å². The molecule has 0 spiro atoms. The van der Waals surface area contributed by atoms with Crippen molar-refractivity contribution in [3.63, 3.8) is 0 Å². The summed E-state index contributed by atoms with van der Waals surface area (Å²) in [5.74, 6) is 0. The van der Waals surface area contributed by atoms with E-state index in [1.807, 2.05) is 0 Å². The molecular weight excluding hydrogens is 177 g/mol. The first-order chi connectivity index (χ1) is 2.83. The van der Waals surface area contributed by atoms with Crippen LogP contribution in [0.1, 0.15) is 0 Å². The van der Waals surface area contributed by atoms with E-state index in [2.05, 4.69) is 0 Å². The first-order valence-corrected chi connectivity index (χ1v) is 4.68. The van der Waals surface area contributed by atoms with Crippen LogP contribution in [0.5, 0.6) is 0 Å². The van der Waals surface area contributed by atoms with Crippen molar-refractivity contribution in [2.24, 2.45) is 0 Å². The maximum absolute atomic E-state index is 8.56. The second-order valence-electron chi connectivity index (χ2n) is 0.201. The van der Waals surface area contributed by atoms with Gasteiger partial charge in [-0.05, 0) is 0 Å². The van der Waals surface area contributed by atoms with Crippen LogP contribution < -0.4 is 0 Å². The molecule has 0 unspecified atom stereocenters. The van der Waals surface area contributed by atoms with Crippen molar-refractivity contribution in [2.45, 2.75) is 0 Å². The van der Waals surface area contributed by atoms with Gasteiger partial charge in [0.1, 0.15) is 0 Å². The van der Waals surface area contributed by atoms with Crippen LogP contribution >= 0.6 is 0 Å². The predicted octanol–water partition coefficient (Wildman–Crippen LogP) is -0.480. The summed E-state index contributed by atoms with van der Waals surface area (Å²) in [5, 5.41) is 0. The van der Waals surface area contributed by atoms with Crippen LogP contribution in [0, 0.1) is 0 Å². The Morgan fingerprint density at radius 1 is 1.17 bits per heavy atom. The van der Waals surface area contributed by atoms with Crippen molar-refractivity contribution >= 4 is 0 Å². The van der Waals surface area contributed by atoms with Gasteiger partial charge in [-0.2, -0.15) is 0 Å². The number of rotatable bonds is 0. The van der Waals surface area contributed by atoms with Crippen molar-refractivity contribution in [3.8, 4) is 0 Å². The Labute approximate surface area is 50.0 Å². The molecule has 0 aromatic carbocycles. The SMILES string of the molecule is [O]=[Ti]=[O].[O]=[Zn]=[O]. The topological polar surface area (TPSA) is 68.3 Å². The zero-order valence-electron chi connectivity index (χ0n) is 2.84. The van der Waals surface area contributed by atoms with Gasteiger partial charge >= 0.3 is 49.9 Å². The van der Waals surface area contributed by atoms with E-state index in [-0.39, 0.29) is 0 Å². The van der Waals surface area contributed by atoms with Crippen LogP contribution in [-0.2, 0) is 49.9 Å². The van der Waals surface area contributed by atoms with E-state index in [4.69, 9.17) is 13.8 Å². The van der Waals surface area contributed by atoms with Crippen molar-refractivity contribution in [1.82, 2.24) is 0 Å². The van der Waals surface area contributed by atoms with E-state index in [1.54, 1.807) is 0 Å². The molecule has 0 N–H and O–H groups in total. The van der Waals surface area contributed by atoms with E-state index < -0.39 is 36.1 Å².